The van der Waals surface area contributed by atoms with Crippen molar-refractivity contribution in [3.8, 4) is 0 Å². The number of aromatic nitrogens is 2. The van der Waals surface area contributed by atoms with Crippen molar-refractivity contribution < 1.29 is 22.8 Å². The van der Waals surface area contributed by atoms with Crippen molar-refractivity contribution in [3.05, 3.63) is 47.6 Å². The summed E-state index contributed by atoms with van der Waals surface area (Å²) in [6.45, 7) is 0.920. The van der Waals surface area contributed by atoms with E-state index in [1.807, 2.05) is 4.90 Å². The minimum absolute atomic E-state index is 0.172. The largest absolute Gasteiger partial charge is 0.433 e. The van der Waals surface area contributed by atoms with Gasteiger partial charge in [0.25, 0.3) is 5.91 Å². The second-order valence-electron chi connectivity index (χ2n) is 6.96. The number of hydrogen-bond donors (Lipinski definition) is 0. The molecule has 2 saturated heterocycles. The Hall–Kier alpha value is -3.21. The van der Waals surface area contributed by atoms with Crippen molar-refractivity contribution >= 4 is 45.0 Å². The van der Waals surface area contributed by atoms with Crippen LogP contribution in [0.25, 0.3) is 10.9 Å². The molecule has 0 aliphatic carbocycles. The van der Waals surface area contributed by atoms with Gasteiger partial charge < -0.3 is 9.80 Å². The Balaban J connectivity index is 1.47. The van der Waals surface area contributed by atoms with Gasteiger partial charge in [-0.2, -0.15) is 13.2 Å². The Morgan fingerprint density at radius 2 is 1.93 bits per heavy atom. The molecule has 30 heavy (non-hydrogen) atoms. The van der Waals surface area contributed by atoms with Crippen molar-refractivity contribution in [1.29, 1.82) is 0 Å². The number of urea groups is 1. The number of fused-ring (bicyclic) bond motifs is 2. The zero-order valence-corrected chi connectivity index (χ0v) is 16.2. The number of carbonyl (C=O) groups is 2. The average molecular weight is 433 g/mol. The van der Waals surface area contributed by atoms with E-state index in [2.05, 4.69) is 9.97 Å². The van der Waals surface area contributed by atoms with Gasteiger partial charge in [-0.25, -0.2) is 19.7 Å². The highest BCUT2D eigenvalue weighted by molar-refractivity contribution is 7.14. The number of halogens is 3. The highest BCUT2D eigenvalue weighted by atomic mass is 32.1. The number of piperazine rings is 1. The summed E-state index contributed by atoms with van der Waals surface area (Å²) in [5, 5.41) is 2.82. The summed E-state index contributed by atoms with van der Waals surface area (Å²) in [4.78, 5) is 38.2. The Kier molecular flexibility index (Phi) is 4.17. The zero-order valence-electron chi connectivity index (χ0n) is 15.3. The molecular weight excluding hydrogens is 419 g/mol. The molecule has 0 aromatic carbocycles. The molecule has 0 N–H and O–H groups in total. The van der Waals surface area contributed by atoms with E-state index in [0.29, 0.717) is 29.3 Å². The van der Waals surface area contributed by atoms with E-state index in [-0.39, 0.29) is 24.0 Å². The molecule has 7 nitrogen and oxygen atoms in total. The summed E-state index contributed by atoms with van der Waals surface area (Å²) in [6, 6.07) is 6.15. The van der Waals surface area contributed by atoms with Crippen molar-refractivity contribution in [2.75, 3.05) is 29.4 Å². The fourth-order valence-corrected chi connectivity index (χ4v) is 4.56. The second-order valence-corrected chi connectivity index (χ2v) is 7.88. The summed E-state index contributed by atoms with van der Waals surface area (Å²) in [5.41, 5.74) is -0.800. The van der Waals surface area contributed by atoms with Crippen LogP contribution in [0.2, 0.25) is 0 Å². The molecule has 11 heteroatoms. The first-order valence-electron chi connectivity index (χ1n) is 9.10. The minimum atomic E-state index is -4.54. The first-order chi connectivity index (χ1) is 14.3. The molecule has 5 heterocycles. The summed E-state index contributed by atoms with van der Waals surface area (Å²) < 4.78 is 39.0. The van der Waals surface area contributed by atoms with Crippen molar-refractivity contribution in [2.45, 2.75) is 12.2 Å². The van der Waals surface area contributed by atoms with Crippen LogP contribution in [0.15, 0.2) is 41.9 Å². The van der Waals surface area contributed by atoms with Gasteiger partial charge in [0, 0.05) is 31.2 Å². The second kappa shape index (κ2) is 6.66. The Bertz CT molecular complexity index is 1150. The van der Waals surface area contributed by atoms with Crippen LogP contribution in [0.1, 0.15) is 5.69 Å². The SMILES string of the molecule is O=C1C2CN(c3nccc4nc(C(F)(F)F)ccc34)CCN2C(=O)N1c1cccs1. The third-order valence-corrected chi connectivity index (χ3v) is 6.09. The number of anilines is 2. The molecule has 1 atom stereocenters. The normalized spacial score (nSPS) is 19.7. The number of rotatable bonds is 2. The van der Waals surface area contributed by atoms with E-state index in [4.69, 9.17) is 0 Å². The molecule has 0 bridgehead atoms. The van der Waals surface area contributed by atoms with Gasteiger partial charge in [-0.05, 0) is 35.7 Å². The summed E-state index contributed by atoms with van der Waals surface area (Å²) in [5.74, 6) is 0.132. The monoisotopic (exact) mass is 433 g/mol. The van der Waals surface area contributed by atoms with E-state index >= 15 is 0 Å². The van der Waals surface area contributed by atoms with Crippen LogP contribution in [-0.4, -0.2) is 52.5 Å². The maximum atomic E-state index is 13.0. The number of nitrogens with zero attached hydrogens (tertiary/aromatic N) is 5. The highest BCUT2D eigenvalue weighted by Gasteiger charge is 2.49. The van der Waals surface area contributed by atoms with Gasteiger partial charge >= 0.3 is 12.2 Å². The molecule has 0 radical (unpaired) electrons. The van der Waals surface area contributed by atoms with Crippen LogP contribution in [0.3, 0.4) is 0 Å². The van der Waals surface area contributed by atoms with Crippen molar-refractivity contribution in [3.63, 3.8) is 0 Å². The molecule has 3 aromatic heterocycles. The molecule has 2 fully saturated rings. The highest BCUT2D eigenvalue weighted by Crippen LogP contribution is 2.34. The third-order valence-electron chi connectivity index (χ3n) is 5.23. The number of alkyl halides is 3. The van der Waals surface area contributed by atoms with Gasteiger partial charge in [-0.15, -0.1) is 11.3 Å². The molecule has 3 amide bonds. The summed E-state index contributed by atoms with van der Waals surface area (Å²) in [6.07, 6.45) is -3.14. The van der Waals surface area contributed by atoms with E-state index in [1.54, 1.807) is 17.5 Å². The fourth-order valence-electron chi connectivity index (χ4n) is 3.84. The predicted octanol–water partition coefficient (Wildman–Crippen LogP) is 3.37. The Morgan fingerprint density at radius 3 is 2.67 bits per heavy atom. The number of hydrogen-bond acceptors (Lipinski definition) is 6. The number of carbonyl (C=O) groups excluding carboxylic acids is 2. The van der Waals surface area contributed by atoms with Crippen LogP contribution in [0.5, 0.6) is 0 Å². The summed E-state index contributed by atoms with van der Waals surface area (Å²) >= 11 is 1.31. The molecule has 5 rings (SSSR count). The lowest BCUT2D eigenvalue weighted by atomic mass is 10.1. The summed E-state index contributed by atoms with van der Waals surface area (Å²) in [7, 11) is 0. The number of imide groups is 1. The Morgan fingerprint density at radius 1 is 1.10 bits per heavy atom. The lowest BCUT2D eigenvalue weighted by molar-refractivity contribution is -0.141. The van der Waals surface area contributed by atoms with E-state index in [1.165, 1.54) is 39.5 Å². The molecule has 3 aromatic rings. The number of thiophene rings is 1. The maximum Gasteiger partial charge on any atom is 0.433 e. The van der Waals surface area contributed by atoms with Crippen molar-refractivity contribution in [2.24, 2.45) is 0 Å². The lowest BCUT2D eigenvalue weighted by Gasteiger charge is -2.36. The molecule has 2 aliphatic heterocycles. The smallest absolute Gasteiger partial charge is 0.352 e. The van der Waals surface area contributed by atoms with Crippen LogP contribution >= 0.6 is 11.3 Å². The molecule has 154 valence electrons. The minimum Gasteiger partial charge on any atom is -0.352 e. The lowest BCUT2D eigenvalue weighted by Crippen LogP contribution is -2.53. The number of amides is 3. The van der Waals surface area contributed by atoms with Crippen LogP contribution < -0.4 is 9.80 Å². The van der Waals surface area contributed by atoms with Crippen LogP contribution in [0.4, 0.5) is 28.8 Å². The maximum absolute atomic E-state index is 13.0. The first-order valence-corrected chi connectivity index (χ1v) is 9.98. The molecule has 2 aliphatic rings. The predicted molar refractivity (Wildman–Crippen MR) is 104 cm³/mol. The molecule has 0 saturated carbocycles. The molecular formula is C19H14F3N5O2S. The Labute approximate surface area is 172 Å². The van der Waals surface area contributed by atoms with Gasteiger partial charge in [0.1, 0.15) is 22.6 Å². The van der Waals surface area contributed by atoms with Gasteiger partial charge in [0.15, 0.2) is 0 Å². The van der Waals surface area contributed by atoms with Gasteiger partial charge in [-0.1, -0.05) is 0 Å². The third kappa shape index (κ3) is 2.88. The average Bonchev–Trinajstić information content (AvgIpc) is 3.33. The van der Waals surface area contributed by atoms with E-state index in [0.717, 1.165) is 6.07 Å². The fraction of sp³-hybridized carbons (Fsp3) is 0.263. The topological polar surface area (TPSA) is 69.6 Å². The van der Waals surface area contributed by atoms with Crippen LogP contribution in [0, 0.1) is 0 Å². The zero-order chi connectivity index (χ0) is 21.0. The van der Waals surface area contributed by atoms with Crippen molar-refractivity contribution in [1.82, 2.24) is 14.9 Å². The molecule has 0 spiro atoms. The van der Waals surface area contributed by atoms with Gasteiger partial charge in [0.2, 0.25) is 0 Å². The number of pyridine rings is 2. The van der Waals surface area contributed by atoms with Gasteiger partial charge in [0.05, 0.1) is 5.52 Å². The standard InChI is InChI=1S/C19H14F3N5O2S/c20-19(21,22)14-4-3-11-12(24-14)5-6-23-16(11)25-7-8-26-13(10-25)17(28)27(18(26)29)15-2-1-9-30-15/h1-6,9,13H,7-8,10H2. The van der Waals surface area contributed by atoms with E-state index < -0.39 is 17.9 Å². The molecule has 1 unspecified atom stereocenters. The first kappa shape index (κ1) is 18.8. The van der Waals surface area contributed by atoms with Gasteiger partial charge in [-0.3, -0.25) is 4.79 Å². The van der Waals surface area contributed by atoms with Crippen LogP contribution in [-0.2, 0) is 11.0 Å². The quantitative estimate of drug-likeness (QED) is 0.580. The van der Waals surface area contributed by atoms with E-state index in [9.17, 15) is 22.8 Å².